The second-order valence-corrected chi connectivity index (χ2v) is 4.06. The van der Waals surface area contributed by atoms with E-state index in [2.05, 4.69) is 37.7 Å². The Kier molecular flexibility index (Phi) is 5.04. The highest BCUT2D eigenvalue weighted by Gasteiger charge is 1.92. The first-order chi connectivity index (χ1) is 4.13. The molecule has 0 spiro atoms. The maximum atomic E-state index is 3.40. The van der Waals surface area contributed by atoms with Crippen LogP contribution in [0, 0.1) is 0 Å². The summed E-state index contributed by atoms with van der Waals surface area (Å²) in [6.07, 6.45) is 0. The second kappa shape index (κ2) is 4.96. The third-order valence-corrected chi connectivity index (χ3v) is 3.06. The van der Waals surface area contributed by atoms with Gasteiger partial charge in [0.25, 0.3) is 0 Å². The lowest BCUT2D eigenvalue weighted by Gasteiger charge is -2.10. The highest BCUT2D eigenvalue weighted by Crippen LogP contribution is 1.73. The van der Waals surface area contributed by atoms with Crippen molar-refractivity contribution in [1.82, 2.24) is 9.96 Å². The fourth-order valence-corrected chi connectivity index (χ4v) is 1.40. The molecule has 0 aliphatic carbocycles. The Labute approximate surface area is 60.4 Å². The number of rotatable bonds is 4. The van der Waals surface area contributed by atoms with Crippen LogP contribution in [0.1, 0.15) is 27.7 Å². The molecular formula is C6H18N2Si. The van der Waals surface area contributed by atoms with Gasteiger partial charge in [-0.3, -0.25) is 0 Å². The standard InChI is InChI=1S/C6H18N2Si/c1-5(2)7-9-8-6(3)4/h5-8H,9H2,1-4H3. The predicted molar refractivity (Wildman–Crippen MR) is 45.1 cm³/mol. The van der Waals surface area contributed by atoms with Crippen LogP contribution in [0.15, 0.2) is 0 Å². The minimum Gasteiger partial charge on any atom is -0.328 e. The topological polar surface area (TPSA) is 24.1 Å². The molecule has 0 unspecified atom stereocenters. The van der Waals surface area contributed by atoms with Crippen molar-refractivity contribution in [3.63, 3.8) is 0 Å². The van der Waals surface area contributed by atoms with Crippen LogP contribution in [0.2, 0.25) is 0 Å². The minimum absolute atomic E-state index is 0.184. The zero-order valence-corrected chi connectivity index (χ0v) is 8.28. The Morgan fingerprint density at radius 3 is 1.44 bits per heavy atom. The predicted octanol–water partition coefficient (Wildman–Crippen LogP) is -0.0188. The average Bonchev–Trinajstić information content (AvgIpc) is 1.63. The van der Waals surface area contributed by atoms with Gasteiger partial charge in [0.15, 0.2) is 9.84 Å². The first kappa shape index (κ1) is 9.14. The van der Waals surface area contributed by atoms with E-state index in [-0.39, 0.29) is 9.84 Å². The molecule has 0 atom stereocenters. The van der Waals surface area contributed by atoms with E-state index < -0.39 is 0 Å². The summed E-state index contributed by atoms with van der Waals surface area (Å²) in [4.78, 5) is 6.81. The van der Waals surface area contributed by atoms with Gasteiger partial charge in [0.05, 0.1) is 0 Å². The first-order valence-electron chi connectivity index (χ1n) is 3.59. The number of nitrogens with one attached hydrogen (secondary N) is 2. The summed E-state index contributed by atoms with van der Waals surface area (Å²) >= 11 is 0. The van der Waals surface area contributed by atoms with Gasteiger partial charge >= 0.3 is 0 Å². The van der Waals surface area contributed by atoms with Crippen molar-refractivity contribution in [2.75, 3.05) is 0 Å². The Morgan fingerprint density at radius 1 is 0.889 bits per heavy atom. The van der Waals surface area contributed by atoms with Crippen molar-refractivity contribution in [3.05, 3.63) is 0 Å². The molecule has 0 saturated heterocycles. The molecule has 0 aliphatic rings. The van der Waals surface area contributed by atoms with E-state index in [1.54, 1.807) is 0 Å². The zero-order valence-electron chi connectivity index (χ0n) is 6.86. The zero-order chi connectivity index (χ0) is 7.28. The van der Waals surface area contributed by atoms with Gasteiger partial charge in [0, 0.05) is 0 Å². The van der Waals surface area contributed by atoms with Gasteiger partial charge in [-0.1, -0.05) is 27.7 Å². The van der Waals surface area contributed by atoms with E-state index in [1.165, 1.54) is 0 Å². The van der Waals surface area contributed by atoms with Crippen LogP contribution in [-0.4, -0.2) is 21.9 Å². The SMILES string of the molecule is CC(C)N[SiH2]NC(C)C. The van der Waals surface area contributed by atoms with E-state index in [1.807, 2.05) is 0 Å². The molecule has 0 saturated carbocycles. The van der Waals surface area contributed by atoms with Gasteiger partial charge in [-0.25, -0.2) is 0 Å². The summed E-state index contributed by atoms with van der Waals surface area (Å²) in [6, 6.07) is 1.28. The van der Waals surface area contributed by atoms with Gasteiger partial charge in [-0.2, -0.15) is 0 Å². The summed E-state index contributed by atoms with van der Waals surface area (Å²) in [5, 5.41) is 0. The maximum absolute atomic E-state index is 3.40. The van der Waals surface area contributed by atoms with E-state index in [0.717, 1.165) is 0 Å². The number of hydrogen-bond acceptors (Lipinski definition) is 2. The molecule has 0 aromatic carbocycles. The molecule has 0 heterocycles. The molecule has 56 valence electrons. The van der Waals surface area contributed by atoms with Gasteiger partial charge in [0.2, 0.25) is 0 Å². The van der Waals surface area contributed by atoms with Crippen LogP contribution in [0.4, 0.5) is 0 Å². The molecule has 0 rings (SSSR count). The largest absolute Gasteiger partial charge is 0.328 e. The maximum Gasteiger partial charge on any atom is 0.167 e. The Morgan fingerprint density at radius 2 is 1.22 bits per heavy atom. The summed E-state index contributed by atoms with van der Waals surface area (Å²) in [5.41, 5.74) is 0. The van der Waals surface area contributed by atoms with Crippen molar-refractivity contribution < 1.29 is 0 Å². The molecule has 0 aliphatic heterocycles. The van der Waals surface area contributed by atoms with Crippen molar-refractivity contribution in [2.24, 2.45) is 0 Å². The van der Waals surface area contributed by atoms with Crippen LogP contribution in [-0.2, 0) is 0 Å². The van der Waals surface area contributed by atoms with E-state index in [4.69, 9.17) is 0 Å². The highest BCUT2D eigenvalue weighted by atomic mass is 28.2. The fraction of sp³-hybridized carbons (Fsp3) is 1.00. The summed E-state index contributed by atoms with van der Waals surface area (Å²) in [7, 11) is -0.184. The Balaban J connectivity index is 2.91. The lowest BCUT2D eigenvalue weighted by Crippen LogP contribution is -2.40. The molecule has 9 heavy (non-hydrogen) atoms. The summed E-state index contributed by atoms with van der Waals surface area (Å²) in [6.45, 7) is 8.70. The molecule has 3 heteroatoms. The van der Waals surface area contributed by atoms with Gasteiger partial charge in [-0.05, 0) is 12.1 Å². The molecule has 0 bridgehead atoms. The van der Waals surface area contributed by atoms with Crippen LogP contribution in [0.5, 0.6) is 0 Å². The molecule has 0 fully saturated rings. The van der Waals surface area contributed by atoms with Crippen molar-refractivity contribution >= 4 is 9.84 Å². The van der Waals surface area contributed by atoms with Crippen LogP contribution < -0.4 is 9.96 Å². The van der Waals surface area contributed by atoms with Crippen molar-refractivity contribution in [3.8, 4) is 0 Å². The third kappa shape index (κ3) is 8.14. The first-order valence-corrected chi connectivity index (χ1v) is 5.01. The van der Waals surface area contributed by atoms with Crippen LogP contribution in [0.3, 0.4) is 0 Å². The molecule has 0 radical (unpaired) electrons. The van der Waals surface area contributed by atoms with Gasteiger partial charge in [-0.15, -0.1) is 0 Å². The lowest BCUT2D eigenvalue weighted by atomic mass is 10.4. The fourth-order valence-electron chi connectivity index (χ4n) is 0.467. The monoisotopic (exact) mass is 146 g/mol. The Bertz CT molecular complexity index is 56.1. The van der Waals surface area contributed by atoms with Crippen molar-refractivity contribution in [2.45, 2.75) is 39.8 Å². The van der Waals surface area contributed by atoms with E-state index in [9.17, 15) is 0 Å². The van der Waals surface area contributed by atoms with Crippen LogP contribution >= 0.6 is 0 Å². The van der Waals surface area contributed by atoms with E-state index in [0.29, 0.717) is 12.1 Å². The van der Waals surface area contributed by atoms with E-state index >= 15 is 0 Å². The third-order valence-electron chi connectivity index (χ3n) is 1.02. The molecule has 2 N–H and O–H groups in total. The van der Waals surface area contributed by atoms with Crippen molar-refractivity contribution in [1.29, 1.82) is 0 Å². The number of hydrogen-bond donors (Lipinski definition) is 2. The molecule has 0 aromatic heterocycles. The summed E-state index contributed by atoms with van der Waals surface area (Å²) < 4.78 is 0. The second-order valence-electron chi connectivity index (χ2n) is 2.89. The normalized spacial score (nSPS) is 11.3. The molecule has 0 aromatic rings. The smallest absolute Gasteiger partial charge is 0.167 e. The molecule has 0 amide bonds. The average molecular weight is 146 g/mol. The summed E-state index contributed by atoms with van der Waals surface area (Å²) in [5.74, 6) is 0. The lowest BCUT2D eigenvalue weighted by molar-refractivity contribution is 0.699. The van der Waals surface area contributed by atoms with Crippen LogP contribution in [0.25, 0.3) is 0 Å². The Hall–Kier alpha value is 0.137. The molecule has 2 nitrogen and oxygen atoms in total. The minimum atomic E-state index is -0.184. The molecular weight excluding hydrogens is 128 g/mol. The van der Waals surface area contributed by atoms with Gasteiger partial charge < -0.3 is 9.96 Å². The van der Waals surface area contributed by atoms with Gasteiger partial charge in [0.1, 0.15) is 0 Å². The quantitative estimate of drug-likeness (QED) is 0.545. The highest BCUT2D eigenvalue weighted by molar-refractivity contribution is 6.28.